The molecule has 0 radical (unpaired) electrons. The molecule has 2 atom stereocenters. The molecule has 1 amide bonds. The van der Waals surface area contributed by atoms with Crippen molar-refractivity contribution in [3.63, 3.8) is 0 Å². The Bertz CT molecular complexity index is 802. The van der Waals surface area contributed by atoms with Gasteiger partial charge in [-0.1, -0.05) is 36.4 Å². The number of β-amino-alcohol motifs (C(OH)–C–C–N with tert-alkyl or cyclic N) is 1. The van der Waals surface area contributed by atoms with Gasteiger partial charge in [-0.3, -0.25) is 4.79 Å². The second kappa shape index (κ2) is 8.17. The van der Waals surface area contributed by atoms with E-state index in [2.05, 4.69) is 10.6 Å². The van der Waals surface area contributed by atoms with E-state index >= 15 is 0 Å². The molecule has 2 aromatic carbocycles. The Labute approximate surface area is 164 Å². The third kappa shape index (κ3) is 3.60. The lowest BCUT2D eigenvalue weighted by Gasteiger charge is -2.43. The first-order valence-corrected chi connectivity index (χ1v) is 8.86. The largest absolute Gasteiger partial charge is 0.486 e. The maximum absolute atomic E-state index is 13.1. The number of aliphatic hydroxyl groups is 1. The van der Waals surface area contributed by atoms with Gasteiger partial charge in [0.05, 0.1) is 17.2 Å². The van der Waals surface area contributed by atoms with Crippen LogP contribution in [-0.2, 0) is 5.54 Å². The predicted molar refractivity (Wildman–Crippen MR) is 104 cm³/mol. The van der Waals surface area contributed by atoms with Gasteiger partial charge in [0.2, 0.25) is 0 Å². The number of hydrogen-bond acceptors (Lipinski definition) is 5. The number of ether oxygens (including phenoxy) is 2. The zero-order valence-corrected chi connectivity index (χ0v) is 15.6. The summed E-state index contributed by atoms with van der Waals surface area (Å²) in [6.07, 6.45) is -0.143. The molecular formula is C20H23ClN2O4. The van der Waals surface area contributed by atoms with Crippen LogP contribution in [0.3, 0.4) is 0 Å². The summed E-state index contributed by atoms with van der Waals surface area (Å²) >= 11 is 0. The van der Waals surface area contributed by atoms with Crippen LogP contribution in [0.5, 0.6) is 11.5 Å². The van der Waals surface area contributed by atoms with Gasteiger partial charge in [-0.25, -0.2) is 0 Å². The molecule has 2 heterocycles. The molecule has 27 heavy (non-hydrogen) atoms. The number of fused-ring (bicyclic) bond motifs is 1. The minimum atomic E-state index is -0.845. The molecule has 2 aromatic rings. The van der Waals surface area contributed by atoms with Crippen LogP contribution in [0.25, 0.3) is 0 Å². The van der Waals surface area contributed by atoms with Gasteiger partial charge in [-0.15, -0.1) is 12.4 Å². The van der Waals surface area contributed by atoms with E-state index in [9.17, 15) is 9.90 Å². The Balaban J connectivity index is 0.00000210. The normalized spacial score (nSPS) is 23.8. The van der Waals surface area contributed by atoms with Gasteiger partial charge in [-0.2, -0.15) is 0 Å². The molecule has 7 heteroatoms. The van der Waals surface area contributed by atoms with Gasteiger partial charge in [-0.05, 0) is 30.7 Å². The van der Waals surface area contributed by atoms with Crippen molar-refractivity contribution in [2.45, 2.75) is 18.1 Å². The van der Waals surface area contributed by atoms with E-state index in [0.717, 1.165) is 5.56 Å². The summed E-state index contributed by atoms with van der Waals surface area (Å²) in [5.41, 5.74) is 0.467. The Morgan fingerprint density at radius 1 is 1.11 bits per heavy atom. The molecule has 6 nitrogen and oxygen atoms in total. The van der Waals surface area contributed by atoms with Gasteiger partial charge in [0.25, 0.3) is 5.91 Å². The van der Waals surface area contributed by atoms with Gasteiger partial charge in [0.15, 0.2) is 11.5 Å². The minimum absolute atomic E-state index is 0. The van der Waals surface area contributed by atoms with E-state index in [4.69, 9.17) is 9.47 Å². The van der Waals surface area contributed by atoms with E-state index in [1.807, 2.05) is 30.3 Å². The minimum Gasteiger partial charge on any atom is -0.486 e. The van der Waals surface area contributed by atoms with Crippen molar-refractivity contribution in [3.8, 4) is 11.5 Å². The highest BCUT2D eigenvalue weighted by Crippen LogP contribution is 2.36. The summed E-state index contributed by atoms with van der Waals surface area (Å²) in [4.78, 5) is 13.1. The van der Waals surface area contributed by atoms with Crippen LogP contribution in [0.4, 0.5) is 0 Å². The summed E-state index contributed by atoms with van der Waals surface area (Å²) in [5, 5.41) is 17.1. The average Bonchev–Trinajstić information content (AvgIpc) is 2.70. The van der Waals surface area contributed by atoms with Crippen LogP contribution in [0, 0.1) is 0 Å². The van der Waals surface area contributed by atoms with Crippen molar-refractivity contribution in [3.05, 3.63) is 59.7 Å². The van der Waals surface area contributed by atoms with Crippen molar-refractivity contribution in [2.75, 3.05) is 26.3 Å². The van der Waals surface area contributed by atoms with Crippen LogP contribution in [0.2, 0.25) is 0 Å². The lowest BCUT2D eigenvalue weighted by molar-refractivity contribution is 0.0287. The number of para-hydroxylation sites is 1. The summed E-state index contributed by atoms with van der Waals surface area (Å²) in [6, 6.07) is 14.9. The highest BCUT2D eigenvalue weighted by atomic mass is 35.5. The molecule has 2 aliphatic heterocycles. The Morgan fingerprint density at radius 3 is 2.67 bits per heavy atom. The molecule has 2 aliphatic rings. The first-order chi connectivity index (χ1) is 12.7. The molecule has 0 unspecified atom stereocenters. The molecule has 0 aliphatic carbocycles. The highest BCUT2D eigenvalue weighted by Gasteiger charge is 2.43. The summed E-state index contributed by atoms with van der Waals surface area (Å²) < 4.78 is 11.2. The molecule has 0 bridgehead atoms. The summed E-state index contributed by atoms with van der Waals surface area (Å²) in [6.45, 7) is 2.00. The van der Waals surface area contributed by atoms with E-state index in [1.165, 1.54) is 0 Å². The molecule has 144 valence electrons. The maximum Gasteiger partial charge on any atom is 0.255 e. The lowest BCUT2D eigenvalue weighted by atomic mass is 9.79. The average molecular weight is 391 g/mol. The zero-order chi connectivity index (χ0) is 18.0. The molecule has 0 saturated carbocycles. The number of amides is 1. The number of benzene rings is 2. The van der Waals surface area contributed by atoms with Crippen LogP contribution in [0.15, 0.2) is 48.5 Å². The first-order valence-electron chi connectivity index (χ1n) is 8.86. The van der Waals surface area contributed by atoms with E-state index in [-0.39, 0.29) is 18.3 Å². The van der Waals surface area contributed by atoms with Crippen molar-refractivity contribution < 1.29 is 19.4 Å². The third-order valence-corrected chi connectivity index (χ3v) is 5.04. The van der Waals surface area contributed by atoms with Crippen molar-refractivity contribution in [1.29, 1.82) is 0 Å². The molecule has 1 saturated heterocycles. The number of carbonyl (C=O) groups excluding carboxylic acids is 1. The zero-order valence-electron chi connectivity index (χ0n) is 14.8. The van der Waals surface area contributed by atoms with Crippen molar-refractivity contribution in [2.24, 2.45) is 0 Å². The van der Waals surface area contributed by atoms with Gasteiger partial charge in [0, 0.05) is 6.54 Å². The van der Waals surface area contributed by atoms with Crippen LogP contribution in [0.1, 0.15) is 22.3 Å². The number of hydrogen-bond donors (Lipinski definition) is 3. The van der Waals surface area contributed by atoms with E-state index in [1.54, 1.807) is 18.2 Å². The summed E-state index contributed by atoms with van der Waals surface area (Å²) in [5.74, 6) is 0.753. The monoisotopic (exact) mass is 390 g/mol. The van der Waals surface area contributed by atoms with Gasteiger partial charge in [0.1, 0.15) is 13.2 Å². The van der Waals surface area contributed by atoms with Crippen molar-refractivity contribution in [1.82, 2.24) is 10.6 Å². The number of nitrogens with one attached hydrogen (secondary N) is 2. The van der Waals surface area contributed by atoms with Crippen LogP contribution in [-0.4, -0.2) is 43.4 Å². The molecule has 0 aromatic heterocycles. The molecular weight excluding hydrogens is 368 g/mol. The Kier molecular flexibility index (Phi) is 5.89. The number of piperidine rings is 1. The molecule has 4 rings (SSSR count). The van der Waals surface area contributed by atoms with E-state index < -0.39 is 11.6 Å². The van der Waals surface area contributed by atoms with Crippen LogP contribution >= 0.6 is 12.4 Å². The van der Waals surface area contributed by atoms with E-state index in [0.29, 0.717) is 49.8 Å². The smallest absolute Gasteiger partial charge is 0.255 e. The number of rotatable bonds is 3. The number of carbonyl (C=O) groups is 1. The Hall–Kier alpha value is -2.28. The fraction of sp³-hybridized carbons (Fsp3) is 0.350. The second-order valence-corrected chi connectivity index (χ2v) is 6.59. The van der Waals surface area contributed by atoms with Crippen LogP contribution < -0.4 is 20.1 Å². The van der Waals surface area contributed by atoms with Gasteiger partial charge < -0.3 is 25.2 Å². The third-order valence-electron chi connectivity index (χ3n) is 5.04. The van der Waals surface area contributed by atoms with Crippen molar-refractivity contribution >= 4 is 18.3 Å². The lowest BCUT2D eigenvalue weighted by Crippen LogP contribution is -2.61. The molecule has 0 spiro atoms. The number of halogens is 1. The fourth-order valence-corrected chi connectivity index (χ4v) is 3.68. The summed E-state index contributed by atoms with van der Waals surface area (Å²) in [7, 11) is 0. The van der Waals surface area contributed by atoms with Gasteiger partial charge >= 0.3 is 0 Å². The standard InChI is InChI=1S/C20H22N2O4.ClH/c23-17-13-21-10-9-20(17,14-5-2-1-3-6-14)22-19(24)15-7-4-8-16-18(15)26-12-11-25-16;/h1-8,17,21,23H,9-13H2,(H,22,24);1H/t17-,20-;/m1./s1. The Morgan fingerprint density at radius 2 is 1.89 bits per heavy atom. The quantitative estimate of drug-likeness (QED) is 0.745. The predicted octanol–water partition coefficient (Wildman–Crippen LogP) is 1.86. The fourth-order valence-electron chi connectivity index (χ4n) is 3.68. The topological polar surface area (TPSA) is 79.8 Å². The SMILES string of the molecule is Cl.O=C(N[C@@]1(c2ccccc2)CCNC[C@H]1O)c1cccc2c1OCCO2. The first kappa shape index (κ1) is 19.5. The number of aliphatic hydroxyl groups excluding tert-OH is 1. The molecule has 1 fully saturated rings. The molecule has 3 N–H and O–H groups in total. The maximum atomic E-state index is 13.1. The highest BCUT2D eigenvalue weighted by molar-refractivity contribution is 5.98. The second-order valence-electron chi connectivity index (χ2n) is 6.59.